The summed E-state index contributed by atoms with van der Waals surface area (Å²) in [6.07, 6.45) is -0.972. The molecule has 1 aromatic heterocycles. The maximum Gasteiger partial charge on any atom is 0.407 e. The Morgan fingerprint density at radius 2 is 1.75 bits per heavy atom. The number of halogens is 2. The molecule has 0 aliphatic carbocycles. The van der Waals surface area contributed by atoms with Crippen LogP contribution < -0.4 is 4.67 Å². The number of hydrogen-bond acceptors (Lipinski definition) is 6. The third kappa shape index (κ3) is 4.91. The first kappa shape index (κ1) is 28.3. The van der Waals surface area contributed by atoms with Gasteiger partial charge >= 0.3 is 13.9 Å². The predicted molar refractivity (Wildman–Crippen MR) is 159 cm³/mol. The lowest BCUT2D eigenvalue weighted by molar-refractivity contribution is 0.0751. The Bertz CT molecular complexity index is 1500. The van der Waals surface area contributed by atoms with Crippen molar-refractivity contribution in [1.29, 1.82) is 0 Å². The van der Waals surface area contributed by atoms with E-state index in [2.05, 4.69) is 13.8 Å². The minimum absolute atomic E-state index is 0.147. The van der Waals surface area contributed by atoms with Gasteiger partial charge in [-0.05, 0) is 49.6 Å². The summed E-state index contributed by atoms with van der Waals surface area (Å²) in [5, 5.41) is 9.92. The zero-order valence-corrected chi connectivity index (χ0v) is 24.7. The van der Waals surface area contributed by atoms with E-state index in [1.54, 1.807) is 35.6 Å². The molecule has 40 heavy (non-hydrogen) atoms. The molecule has 3 heterocycles. The van der Waals surface area contributed by atoms with Gasteiger partial charge in [-0.1, -0.05) is 60.5 Å². The fraction of sp³-hybridized carbons (Fsp3) is 0.345. The van der Waals surface area contributed by atoms with Gasteiger partial charge in [0.1, 0.15) is 12.5 Å². The van der Waals surface area contributed by atoms with E-state index in [1.165, 1.54) is 11.0 Å². The molecule has 2 aromatic carbocycles. The number of amidine groups is 1. The number of fused-ring (bicyclic) bond motifs is 1. The Kier molecular flexibility index (Phi) is 7.50. The summed E-state index contributed by atoms with van der Waals surface area (Å²) in [6, 6.07) is 15.3. The second-order valence-electron chi connectivity index (χ2n) is 10.8. The normalized spacial score (nSPS) is 22.8. The third-order valence-corrected chi connectivity index (χ3v) is 9.50. The van der Waals surface area contributed by atoms with E-state index < -0.39 is 19.7 Å². The molecule has 2 aliphatic rings. The highest BCUT2D eigenvalue weighted by Gasteiger charge is 2.50. The first-order chi connectivity index (χ1) is 18.9. The van der Waals surface area contributed by atoms with Gasteiger partial charge in [0.2, 0.25) is 0 Å². The summed E-state index contributed by atoms with van der Waals surface area (Å²) in [4.78, 5) is 32.3. The summed E-state index contributed by atoms with van der Waals surface area (Å²) in [7, 11) is -3.26. The van der Waals surface area contributed by atoms with Crippen molar-refractivity contribution in [2.75, 3.05) is 24.4 Å². The van der Waals surface area contributed by atoms with E-state index in [4.69, 9.17) is 21.3 Å². The van der Waals surface area contributed by atoms with Crippen molar-refractivity contribution in [3.05, 3.63) is 76.6 Å². The average molecular weight is 585 g/mol. The maximum absolute atomic E-state index is 15.0. The SMILES string of the molecule is CC(C)c1ccccc1N1c2nc(-c3ccccc3F)c(Cl)cc2C(N2C[C@@H](C)N(C(=O)O)C[C@@H]2C)=N[P+]1(C)O. The fourth-order valence-corrected chi connectivity index (χ4v) is 7.52. The summed E-state index contributed by atoms with van der Waals surface area (Å²) >= 11 is 6.79. The van der Waals surface area contributed by atoms with Crippen LogP contribution in [0.5, 0.6) is 0 Å². The Labute approximate surface area is 239 Å². The molecule has 5 rings (SSSR count). The van der Waals surface area contributed by atoms with Crippen LogP contribution in [0.2, 0.25) is 5.02 Å². The molecule has 1 fully saturated rings. The van der Waals surface area contributed by atoms with E-state index in [0.717, 1.165) is 11.3 Å². The molecule has 0 bridgehead atoms. The number of anilines is 2. The van der Waals surface area contributed by atoms with Crippen molar-refractivity contribution >= 4 is 42.8 Å². The zero-order chi connectivity index (χ0) is 28.9. The van der Waals surface area contributed by atoms with Crippen molar-refractivity contribution in [2.45, 2.75) is 45.7 Å². The third-order valence-electron chi connectivity index (χ3n) is 7.48. The van der Waals surface area contributed by atoms with Crippen molar-refractivity contribution < 1.29 is 19.2 Å². The smallest absolute Gasteiger partial charge is 0.407 e. The van der Waals surface area contributed by atoms with Crippen LogP contribution in [0.4, 0.5) is 20.7 Å². The summed E-state index contributed by atoms with van der Waals surface area (Å²) in [5.74, 6) is 0.628. The number of aromatic nitrogens is 1. The molecule has 2 aliphatic heterocycles. The van der Waals surface area contributed by atoms with Crippen molar-refractivity contribution in [1.82, 2.24) is 14.8 Å². The van der Waals surface area contributed by atoms with Gasteiger partial charge in [-0.25, -0.2) is 19.1 Å². The molecule has 3 aromatic rings. The summed E-state index contributed by atoms with van der Waals surface area (Å²) < 4.78 is 21.7. The zero-order valence-electron chi connectivity index (χ0n) is 23.1. The number of nitrogens with zero attached hydrogens (tertiary/aromatic N) is 5. The van der Waals surface area contributed by atoms with Gasteiger partial charge in [-0.2, -0.15) is 4.67 Å². The van der Waals surface area contributed by atoms with Gasteiger partial charge in [0, 0.05) is 30.7 Å². The first-order valence-electron chi connectivity index (χ1n) is 13.2. The molecule has 1 unspecified atom stereocenters. The maximum atomic E-state index is 15.0. The highest BCUT2D eigenvalue weighted by Crippen LogP contribution is 2.65. The lowest BCUT2D eigenvalue weighted by Gasteiger charge is -2.45. The van der Waals surface area contributed by atoms with E-state index in [-0.39, 0.29) is 40.8 Å². The second kappa shape index (κ2) is 10.6. The minimum atomic E-state index is -3.26. The molecule has 11 heteroatoms. The van der Waals surface area contributed by atoms with Gasteiger partial charge < -0.3 is 14.9 Å². The van der Waals surface area contributed by atoms with Gasteiger partial charge in [-0.3, -0.25) is 0 Å². The van der Waals surface area contributed by atoms with Crippen LogP contribution in [0.25, 0.3) is 11.3 Å². The second-order valence-corrected chi connectivity index (χ2v) is 13.5. The quantitative estimate of drug-likeness (QED) is 0.321. The standard InChI is InChI=1S/C29H32ClFN5O3P/c1-17(2)20-10-7-9-13-25(20)36-27-22(14-23(30)26(32-27)21-11-6-8-12-24(21)31)28(33-40(36,5)39)34-15-19(4)35(29(37)38)16-18(34)3/h6-14,17-19,39H,15-16H2,1-5H3/p+1/t18-,19+,40?/m0/s1. The topological polar surface area (TPSA) is 92.5 Å². The van der Waals surface area contributed by atoms with Crippen LogP contribution in [0, 0.1) is 5.82 Å². The summed E-state index contributed by atoms with van der Waals surface area (Å²) in [6.45, 7) is 10.3. The van der Waals surface area contributed by atoms with Crippen LogP contribution in [0.1, 0.15) is 44.7 Å². The molecule has 210 valence electrons. The predicted octanol–water partition coefficient (Wildman–Crippen LogP) is 7.02. The molecule has 0 saturated carbocycles. The molecule has 2 N–H and O–H groups in total. The number of carbonyl (C=O) groups is 1. The lowest BCUT2D eigenvalue weighted by atomic mass is 10.0. The van der Waals surface area contributed by atoms with Crippen LogP contribution in [0.3, 0.4) is 0 Å². The summed E-state index contributed by atoms with van der Waals surface area (Å²) in [5.41, 5.74) is 2.90. The largest absolute Gasteiger partial charge is 0.465 e. The molecular formula is C29H33ClFN5O3P+. The molecule has 8 nitrogen and oxygen atoms in total. The van der Waals surface area contributed by atoms with Gasteiger partial charge in [0.15, 0.2) is 11.7 Å². The molecule has 3 atom stereocenters. The van der Waals surface area contributed by atoms with E-state index in [1.807, 2.05) is 43.0 Å². The molecule has 0 spiro atoms. The number of pyridine rings is 1. The van der Waals surface area contributed by atoms with E-state index >= 15 is 0 Å². The van der Waals surface area contributed by atoms with Crippen molar-refractivity contribution in [3.8, 4) is 11.3 Å². The number of benzene rings is 2. The highest BCUT2D eigenvalue weighted by molar-refractivity contribution is 7.70. The number of carboxylic acid groups (broad SMARTS) is 1. The number of piperazine rings is 1. The van der Waals surface area contributed by atoms with Gasteiger partial charge in [0.25, 0.3) is 0 Å². The average Bonchev–Trinajstić information content (AvgIpc) is 2.89. The van der Waals surface area contributed by atoms with Crippen molar-refractivity contribution in [3.63, 3.8) is 0 Å². The molecule has 0 radical (unpaired) electrons. The number of rotatable bonds is 3. The monoisotopic (exact) mass is 584 g/mol. The number of hydrogen-bond donors (Lipinski definition) is 2. The minimum Gasteiger partial charge on any atom is -0.465 e. The van der Waals surface area contributed by atoms with Crippen LogP contribution in [-0.2, 0) is 0 Å². The van der Waals surface area contributed by atoms with E-state index in [9.17, 15) is 19.2 Å². The Morgan fingerprint density at radius 3 is 2.42 bits per heavy atom. The Morgan fingerprint density at radius 1 is 1.07 bits per heavy atom. The van der Waals surface area contributed by atoms with E-state index in [0.29, 0.717) is 23.8 Å². The number of amides is 1. The number of para-hydroxylation sites is 1. The fourth-order valence-electron chi connectivity index (χ4n) is 5.49. The van der Waals surface area contributed by atoms with Crippen molar-refractivity contribution in [2.24, 2.45) is 4.76 Å². The molecule has 1 saturated heterocycles. The van der Waals surface area contributed by atoms with Crippen LogP contribution >= 0.6 is 19.4 Å². The van der Waals surface area contributed by atoms with Gasteiger partial charge in [0.05, 0.1) is 22.0 Å². The Balaban J connectivity index is 1.75. The van der Waals surface area contributed by atoms with Crippen LogP contribution in [-0.4, -0.2) is 68.6 Å². The molecule has 1 amide bonds. The van der Waals surface area contributed by atoms with Crippen LogP contribution in [0.15, 0.2) is 59.4 Å². The van der Waals surface area contributed by atoms with Gasteiger partial charge in [-0.15, -0.1) is 0 Å². The molecular weight excluding hydrogens is 552 g/mol. The lowest BCUT2D eigenvalue weighted by Crippen LogP contribution is -2.59. The Hall–Kier alpha value is -3.26. The highest BCUT2D eigenvalue weighted by atomic mass is 35.5. The first-order valence-corrected chi connectivity index (χ1v) is 15.7.